The summed E-state index contributed by atoms with van der Waals surface area (Å²) in [7, 11) is 0. The molecule has 1 fully saturated rings. The predicted octanol–water partition coefficient (Wildman–Crippen LogP) is 3.22. The number of Topliss-reactive ketones (excluding diaryl/α,β-unsaturated/α-hetero) is 1. The third-order valence-electron chi connectivity index (χ3n) is 5.15. The van der Waals surface area contributed by atoms with E-state index in [9.17, 15) is 9.59 Å². The molecule has 0 bridgehead atoms. The maximum absolute atomic E-state index is 12.6. The topological polar surface area (TPSA) is 53.5 Å². The molecule has 5 nitrogen and oxygen atoms in total. The van der Waals surface area contributed by atoms with E-state index in [0.29, 0.717) is 19.3 Å². The van der Waals surface area contributed by atoms with E-state index < -0.39 is 0 Å². The van der Waals surface area contributed by atoms with Gasteiger partial charge in [-0.25, -0.2) is 4.98 Å². The van der Waals surface area contributed by atoms with Gasteiger partial charge in [0.2, 0.25) is 5.91 Å². The summed E-state index contributed by atoms with van der Waals surface area (Å²) in [6.07, 6.45) is 5.51. The number of thioether (sulfide) groups is 1. The van der Waals surface area contributed by atoms with Crippen LogP contribution in [0.15, 0.2) is 47.5 Å². The Balaban J connectivity index is 1.61. The molecule has 1 aliphatic heterocycles. The zero-order chi connectivity index (χ0) is 19.9. The first kappa shape index (κ1) is 20.4. The molecule has 1 aliphatic rings. The van der Waals surface area contributed by atoms with Gasteiger partial charge in [0.05, 0.1) is 0 Å². The summed E-state index contributed by atoms with van der Waals surface area (Å²) in [4.78, 5) is 33.9. The molecular weight excluding hydrogens is 370 g/mol. The van der Waals surface area contributed by atoms with Crippen molar-refractivity contribution in [1.29, 1.82) is 0 Å². The molecule has 0 unspecified atom stereocenters. The number of pyridine rings is 1. The molecule has 1 aromatic heterocycles. The van der Waals surface area contributed by atoms with Crippen molar-refractivity contribution < 1.29 is 9.59 Å². The summed E-state index contributed by atoms with van der Waals surface area (Å²) in [5, 5.41) is 0. The molecule has 1 aromatic carbocycles. The van der Waals surface area contributed by atoms with Gasteiger partial charge in [-0.1, -0.05) is 24.3 Å². The van der Waals surface area contributed by atoms with Crippen molar-refractivity contribution in [3.8, 4) is 0 Å². The SMILES string of the molecule is CSc1ccccc1CC(=O)CCc1cccnc1N1CCN(C(C)=O)CC1. The number of rotatable bonds is 7. The second kappa shape index (κ2) is 9.73. The fourth-order valence-corrected chi connectivity index (χ4v) is 4.18. The van der Waals surface area contributed by atoms with Crippen LogP contribution in [-0.2, 0) is 22.4 Å². The Bertz CT molecular complexity index is 832. The first-order valence-electron chi connectivity index (χ1n) is 9.66. The number of amides is 1. The number of nitrogens with zero attached hydrogens (tertiary/aromatic N) is 3. The number of hydrogen-bond acceptors (Lipinski definition) is 5. The van der Waals surface area contributed by atoms with E-state index in [0.717, 1.165) is 43.1 Å². The first-order valence-corrected chi connectivity index (χ1v) is 10.9. The highest BCUT2D eigenvalue weighted by atomic mass is 32.2. The Labute approximate surface area is 171 Å². The van der Waals surface area contributed by atoms with E-state index in [-0.39, 0.29) is 11.7 Å². The van der Waals surface area contributed by atoms with Crippen LogP contribution in [0.3, 0.4) is 0 Å². The van der Waals surface area contributed by atoms with E-state index >= 15 is 0 Å². The number of carbonyl (C=O) groups is 2. The molecule has 0 atom stereocenters. The molecule has 0 saturated carbocycles. The summed E-state index contributed by atoms with van der Waals surface area (Å²) in [6.45, 7) is 4.60. The van der Waals surface area contributed by atoms with Gasteiger partial charge in [-0.05, 0) is 35.9 Å². The second-order valence-electron chi connectivity index (χ2n) is 7.01. The molecule has 2 heterocycles. The van der Waals surface area contributed by atoms with Gasteiger partial charge in [0.1, 0.15) is 11.6 Å². The van der Waals surface area contributed by atoms with Crippen LogP contribution in [0.25, 0.3) is 0 Å². The number of hydrogen-bond donors (Lipinski definition) is 0. The van der Waals surface area contributed by atoms with Gasteiger partial charge in [-0.3, -0.25) is 9.59 Å². The van der Waals surface area contributed by atoms with Crippen LogP contribution < -0.4 is 4.90 Å². The number of benzene rings is 1. The standard InChI is InChI=1S/C22H27N3O2S/c1-17(26)24-12-14-25(15-13-24)22-18(7-5-11-23-22)9-10-20(27)16-19-6-3-4-8-21(19)28-2/h3-8,11H,9-10,12-16H2,1-2H3. The molecule has 0 radical (unpaired) electrons. The zero-order valence-corrected chi connectivity index (χ0v) is 17.4. The van der Waals surface area contributed by atoms with E-state index in [2.05, 4.69) is 22.0 Å². The van der Waals surface area contributed by atoms with Crippen molar-refractivity contribution in [2.75, 3.05) is 37.3 Å². The van der Waals surface area contributed by atoms with Crippen molar-refractivity contribution in [1.82, 2.24) is 9.88 Å². The minimum absolute atomic E-state index is 0.122. The number of anilines is 1. The highest BCUT2D eigenvalue weighted by Crippen LogP contribution is 2.23. The monoisotopic (exact) mass is 397 g/mol. The Kier molecular flexibility index (Phi) is 7.09. The summed E-state index contributed by atoms with van der Waals surface area (Å²) < 4.78 is 0. The van der Waals surface area contributed by atoms with Gasteiger partial charge in [0.15, 0.2) is 0 Å². The Morgan fingerprint density at radius 1 is 1.04 bits per heavy atom. The van der Waals surface area contributed by atoms with E-state index in [1.165, 1.54) is 4.90 Å². The minimum Gasteiger partial charge on any atom is -0.353 e. The number of ketones is 1. The third kappa shape index (κ3) is 5.13. The lowest BCUT2D eigenvalue weighted by Gasteiger charge is -2.35. The van der Waals surface area contributed by atoms with Crippen molar-refractivity contribution >= 4 is 29.3 Å². The highest BCUT2D eigenvalue weighted by molar-refractivity contribution is 7.98. The highest BCUT2D eigenvalue weighted by Gasteiger charge is 2.21. The van der Waals surface area contributed by atoms with Crippen LogP contribution in [-0.4, -0.2) is 54.0 Å². The zero-order valence-electron chi connectivity index (χ0n) is 16.6. The molecule has 0 spiro atoms. The van der Waals surface area contributed by atoms with Crippen LogP contribution in [0.5, 0.6) is 0 Å². The lowest BCUT2D eigenvalue weighted by atomic mass is 10.0. The quantitative estimate of drug-likeness (QED) is 0.672. The summed E-state index contributed by atoms with van der Waals surface area (Å²) in [6, 6.07) is 12.1. The van der Waals surface area contributed by atoms with Gasteiger partial charge in [0.25, 0.3) is 0 Å². The molecule has 6 heteroatoms. The smallest absolute Gasteiger partial charge is 0.219 e. The van der Waals surface area contributed by atoms with Crippen molar-refractivity contribution in [2.24, 2.45) is 0 Å². The first-order chi connectivity index (χ1) is 13.6. The van der Waals surface area contributed by atoms with E-state index in [1.54, 1.807) is 24.9 Å². The van der Waals surface area contributed by atoms with Crippen LogP contribution >= 0.6 is 11.8 Å². The molecule has 0 N–H and O–H groups in total. The lowest BCUT2D eigenvalue weighted by Crippen LogP contribution is -2.48. The molecule has 28 heavy (non-hydrogen) atoms. The number of piperazine rings is 1. The maximum Gasteiger partial charge on any atom is 0.219 e. The predicted molar refractivity (Wildman–Crippen MR) is 114 cm³/mol. The normalized spacial score (nSPS) is 14.2. The van der Waals surface area contributed by atoms with Crippen molar-refractivity contribution in [3.05, 3.63) is 53.7 Å². The molecular formula is C22H27N3O2S. The average molecular weight is 398 g/mol. The number of carbonyl (C=O) groups excluding carboxylic acids is 2. The molecule has 3 rings (SSSR count). The van der Waals surface area contributed by atoms with Crippen LogP contribution in [0.4, 0.5) is 5.82 Å². The molecule has 1 amide bonds. The Morgan fingerprint density at radius 3 is 2.46 bits per heavy atom. The number of aryl methyl sites for hydroxylation is 1. The summed E-state index contributed by atoms with van der Waals surface area (Å²) in [5.74, 6) is 1.32. The average Bonchev–Trinajstić information content (AvgIpc) is 2.73. The van der Waals surface area contributed by atoms with E-state index in [4.69, 9.17) is 0 Å². The Hall–Kier alpha value is -2.34. The molecule has 148 valence electrons. The van der Waals surface area contributed by atoms with Crippen molar-refractivity contribution in [2.45, 2.75) is 31.1 Å². The lowest BCUT2D eigenvalue weighted by molar-refractivity contribution is -0.129. The number of aromatic nitrogens is 1. The molecule has 0 aliphatic carbocycles. The van der Waals surface area contributed by atoms with Gasteiger partial charge in [-0.15, -0.1) is 11.8 Å². The van der Waals surface area contributed by atoms with Crippen LogP contribution in [0.1, 0.15) is 24.5 Å². The Morgan fingerprint density at radius 2 is 1.75 bits per heavy atom. The van der Waals surface area contributed by atoms with Crippen LogP contribution in [0.2, 0.25) is 0 Å². The summed E-state index contributed by atoms with van der Waals surface area (Å²) >= 11 is 1.68. The van der Waals surface area contributed by atoms with E-state index in [1.807, 2.05) is 35.4 Å². The molecule has 2 aromatic rings. The maximum atomic E-state index is 12.6. The van der Waals surface area contributed by atoms with Gasteiger partial charge < -0.3 is 9.80 Å². The van der Waals surface area contributed by atoms with Crippen LogP contribution in [0, 0.1) is 0 Å². The largest absolute Gasteiger partial charge is 0.353 e. The minimum atomic E-state index is 0.122. The van der Waals surface area contributed by atoms with Crippen molar-refractivity contribution in [3.63, 3.8) is 0 Å². The second-order valence-corrected chi connectivity index (χ2v) is 7.85. The molecule has 1 saturated heterocycles. The summed E-state index contributed by atoms with van der Waals surface area (Å²) in [5.41, 5.74) is 2.21. The van der Waals surface area contributed by atoms with Gasteiger partial charge in [0, 0.05) is 57.0 Å². The van der Waals surface area contributed by atoms with Gasteiger partial charge in [-0.2, -0.15) is 0 Å². The fraction of sp³-hybridized carbons (Fsp3) is 0.409. The fourth-order valence-electron chi connectivity index (χ4n) is 3.57. The third-order valence-corrected chi connectivity index (χ3v) is 5.98. The van der Waals surface area contributed by atoms with Gasteiger partial charge >= 0.3 is 0 Å².